The highest BCUT2D eigenvalue weighted by atomic mass is 19.4. The Kier molecular flexibility index (Phi) is 1.69. The van der Waals surface area contributed by atoms with E-state index in [-0.39, 0.29) is 19.3 Å². The predicted molar refractivity (Wildman–Crippen MR) is 38.7 cm³/mol. The van der Waals surface area contributed by atoms with Crippen LogP contribution in [0, 0.1) is 5.41 Å². The van der Waals surface area contributed by atoms with E-state index < -0.39 is 29.8 Å². The van der Waals surface area contributed by atoms with Gasteiger partial charge in [-0.05, 0) is 19.3 Å². The first-order chi connectivity index (χ1) is 6.27. The number of carboxylic acids is 1. The molecule has 3 saturated carbocycles. The van der Waals surface area contributed by atoms with Gasteiger partial charge in [0.25, 0.3) is 0 Å². The summed E-state index contributed by atoms with van der Waals surface area (Å²) in [5, 5.41) is 8.70. The molecule has 0 heterocycles. The van der Waals surface area contributed by atoms with Gasteiger partial charge in [-0.15, -0.1) is 0 Å². The molecule has 80 valence electrons. The number of hydrogen-bond acceptors (Lipinski definition) is 2. The van der Waals surface area contributed by atoms with Crippen molar-refractivity contribution in [3.05, 3.63) is 0 Å². The van der Waals surface area contributed by atoms with Gasteiger partial charge < -0.3 is 9.84 Å². The van der Waals surface area contributed by atoms with Crippen molar-refractivity contribution < 1.29 is 27.8 Å². The first kappa shape index (κ1) is 9.76. The highest BCUT2D eigenvalue weighted by Crippen LogP contribution is 2.69. The van der Waals surface area contributed by atoms with Crippen LogP contribution in [0.3, 0.4) is 0 Å². The van der Waals surface area contributed by atoms with E-state index >= 15 is 0 Å². The highest BCUT2D eigenvalue weighted by Gasteiger charge is 2.73. The topological polar surface area (TPSA) is 46.5 Å². The molecule has 0 atom stereocenters. The molecule has 0 spiro atoms. The largest absolute Gasteiger partial charge is 0.481 e. The number of aliphatic carboxylic acids is 1. The van der Waals surface area contributed by atoms with Crippen molar-refractivity contribution in [2.45, 2.75) is 31.0 Å². The normalized spacial score (nSPS) is 39.9. The van der Waals surface area contributed by atoms with Crippen LogP contribution in [0.1, 0.15) is 19.3 Å². The molecule has 2 bridgehead atoms. The molecular formula is C8H9F3O3. The second-order valence-corrected chi connectivity index (χ2v) is 4.20. The minimum absolute atomic E-state index is 0.228. The molecule has 3 rings (SSSR count). The zero-order valence-corrected chi connectivity index (χ0v) is 7.23. The van der Waals surface area contributed by atoms with Crippen LogP contribution in [0.25, 0.3) is 0 Å². The number of ether oxygens (including phenoxy) is 1. The van der Waals surface area contributed by atoms with E-state index in [1.165, 1.54) is 0 Å². The Hall–Kier alpha value is -0.780. The molecule has 6 heteroatoms. The van der Waals surface area contributed by atoms with Gasteiger partial charge >= 0.3 is 12.1 Å². The Morgan fingerprint density at radius 3 is 2.21 bits per heavy atom. The quantitative estimate of drug-likeness (QED) is 0.769. The van der Waals surface area contributed by atoms with Crippen molar-refractivity contribution in [2.24, 2.45) is 5.41 Å². The number of halogens is 3. The van der Waals surface area contributed by atoms with Crippen LogP contribution in [0.5, 0.6) is 0 Å². The summed E-state index contributed by atoms with van der Waals surface area (Å²) < 4.78 is 40.0. The summed E-state index contributed by atoms with van der Waals surface area (Å²) in [5.74, 6) is -0.921. The number of rotatable bonds is 3. The summed E-state index contributed by atoms with van der Waals surface area (Å²) in [4.78, 5) is 10.6. The van der Waals surface area contributed by atoms with Gasteiger partial charge in [0, 0.05) is 0 Å². The molecule has 3 nitrogen and oxygen atoms in total. The van der Waals surface area contributed by atoms with Gasteiger partial charge in [0.05, 0.1) is 11.0 Å². The van der Waals surface area contributed by atoms with E-state index in [4.69, 9.17) is 5.11 Å². The number of alkyl halides is 3. The zero-order valence-electron chi connectivity index (χ0n) is 7.23. The highest BCUT2D eigenvalue weighted by molar-refractivity contribution is 5.79. The van der Waals surface area contributed by atoms with Crippen LogP contribution in [0.15, 0.2) is 0 Å². The lowest BCUT2D eigenvalue weighted by molar-refractivity contribution is -0.310. The molecular weight excluding hydrogens is 201 g/mol. The van der Waals surface area contributed by atoms with Crippen LogP contribution in [-0.2, 0) is 9.53 Å². The van der Waals surface area contributed by atoms with E-state index in [1.807, 2.05) is 0 Å². The van der Waals surface area contributed by atoms with Crippen molar-refractivity contribution in [3.8, 4) is 0 Å². The maximum atomic E-state index is 11.8. The first-order valence-corrected chi connectivity index (χ1v) is 4.21. The second kappa shape index (κ2) is 2.42. The third-order valence-corrected chi connectivity index (χ3v) is 2.98. The Bertz CT molecular complexity index is 264. The molecule has 14 heavy (non-hydrogen) atoms. The van der Waals surface area contributed by atoms with Crippen molar-refractivity contribution in [3.63, 3.8) is 0 Å². The standard InChI is InChI=1S/C8H9F3O3/c9-8(10,11)4-14-7-1-6(2-7,3-7)5(12)13/h1-4H2,(H,12,13). The van der Waals surface area contributed by atoms with Crippen LogP contribution in [0.2, 0.25) is 0 Å². The fourth-order valence-electron chi connectivity index (χ4n) is 2.31. The summed E-state index contributed by atoms with van der Waals surface area (Å²) in [7, 11) is 0. The molecule has 0 aromatic rings. The summed E-state index contributed by atoms with van der Waals surface area (Å²) in [6.45, 7) is -1.28. The molecule has 0 radical (unpaired) electrons. The van der Waals surface area contributed by atoms with Gasteiger partial charge in [-0.2, -0.15) is 13.2 Å². The zero-order chi connectivity index (χ0) is 10.6. The minimum Gasteiger partial charge on any atom is -0.481 e. The molecule has 0 amide bonds. The fourth-order valence-corrected chi connectivity index (χ4v) is 2.31. The Morgan fingerprint density at radius 1 is 1.36 bits per heavy atom. The minimum atomic E-state index is -4.33. The maximum Gasteiger partial charge on any atom is 0.411 e. The fraction of sp³-hybridized carbons (Fsp3) is 0.875. The number of carbonyl (C=O) groups is 1. The van der Waals surface area contributed by atoms with Crippen LogP contribution >= 0.6 is 0 Å². The number of hydrogen-bond donors (Lipinski definition) is 1. The van der Waals surface area contributed by atoms with Gasteiger partial charge in [-0.3, -0.25) is 4.79 Å². The molecule has 0 aromatic heterocycles. The molecule has 1 N–H and O–H groups in total. The summed E-state index contributed by atoms with van der Waals surface area (Å²) in [6.07, 6.45) is -3.64. The van der Waals surface area contributed by atoms with Crippen LogP contribution < -0.4 is 0 Å². The average molecular weight is 210 g/mol. The van der Waals surface area contributed by atoms with Crippen molar-refractivity contribution in [1.29, 1.82) is 0 Å². The van der Waals surface area contributed by atoms with E-state index in [0.29, 0.717) is 0 Å². The predicted octanol–water partition coefficient (Wildman–Crippen LogP) is 1.57. The SMILES string of the molecule is O=C(O)C12CC(OCC(F)(F)F)(C1)C2. The molecule has 0 aromatic carbocycles. The van der Waals surface area contributed by atoms with Gasteiger partial charge in [-0.1, -0.05) is 0 Å². The Labute approximate surface area is 77.8 Å². The van der Waals surface area contributed by atoms with Gasteiger partial charge in [0.1, 0.15) is 6.61 Å². The first-order valence-electron chi connectivity index (χ1n) is 4.21. The summed E-state index contributed by atoms with van der Waals surface area (Å²) in [6, 6.07) is 0. The van der Waals surface area contributed by atoms with Crippen LogP contribution in [-0.4, -0.2) is 29.5 Å². The molecule has 3 aliphatic rings. The molecule has 0 unspecified atom stereocenters. The van der Waals surface area contributed by atoms with Crippen molar-refractivity contribution in [1.82, 2.24) is 0 Å². The second-order valence-electron chi connectivity index (χ2n) is 4.20. The van der Waals surface area contributed by atoms with E-state index in [0.717, 1.165) is 0 Å². The van der Waals surface area contributed by atoms with Crippen molar-refractivity contribution in [2.75, 3.05) is 6.61 Å². The summed E-state index contributed by atoms with van der Waals surface area (Å²) >= 11 is 0. The molecule has 3 fully saturated rings. The van der Waals surface area contributed by atoms with Crippen molar-refractivity contribution >= 4 is 5.97 Å². The lowest BCUT2D eigenvalue weighted by Crippen LogP contribution is -2.71. The smallest absolute Gasteiger partial charge is 0.411 e. The summed E-state index contributed by atoms with van der Waals surface area (Å²) in [5.41, 5.74) is -1.56. The van der Waals surface area contributed by atoms with E-state index in [1.54, 1.807) is 0 Å². The molecule has 0 aliphatic heterocycles. The monoisotopic (exact) mass is 210 g/mol. The average Bonchev–Trinajstić information content (AvgIpc) is 1.76. The Morgan fingerprint density at radius 2 is 1.86 bits per heavy atom. The van der Waals surface area contributed by atoms with Gasteiger partial charge in [0.2, 0.25) is 0 Å². The van der Waals surface area contributed by atoms with Crippen LogP contribution in [0.4, 0.5) is 13.2 Å². The third kappa shape index (κ3) is 1.28. The van der Waals surface area contributed by atoms with E-state index in [2.05, 4.69) is 4.74 Å². The molecule has 3 aliphatic carbocycles. The number of carboxylic acid groups (broad SMARTS) is 1. The molecule has 0 saturated heterocycles. The van der Waals surface area contributed by atoms with Gasteiger partial charge in [-0.25, -0.2) is 0 Å². The Balaban J connectivity index is 1.81. The lowest BCUT2D eigenvalue weighted by atomic mass is 9.41. The third-order valence-electron chi connectivity index (χ3n) is 2.98. The maximum absolute atomic E-state index is 11.8. The van der Waals surface area contributed by atoms with E-state index in [9.17, 15) is 18.0 Å². The van der Waals surface area contributed by atoms with Gasteiger partial charge in [0.15, 0.2) is 0 Å². The lowest BCUT2D eigenvalue weighted by Gasteiger charge is -2.67.